The molecule has 1 heterocycles. The standard InChI is InChI=1S/C14H18N2O/c1-10(2)8-12-9-14(17)16(15-12)13-7-5-4-6-11(13)3/h4-7,9-10,15H,8H2,1-3H3. The topological polar surface area (TPSA) is 37.8 Å². The summed E-state index contributed by atoms with van der Waals surface area (Å²) in [7, 11) is 0. The maximum absolute atomic E-state index is 11.9. The third-order valence-corrected chi connectivity index (χ3v) is 2.76. The number of nitrogens with one attached hydrogen (secondary N) is 1. The molecule has 3 nitrogen and oxygen atoms in total. The van der Waals surface area contributed by atoms with Gasteiger partial charge in [0.15, 0.2) is 0 Å². The van der Waals surface area contributed by atoms with Crippen LogP contribution in [0.4, 0.5) is 0 Å². The first kappa shape index (κ1) is 11.7. The molecule has 2 aromatic rings. The molecule has 2 rings (SSSR count). The summed E-state index contributed by atoms with van der Waals surface area (Å²) in [5, 5.41) is 3.17. The molecular formula is C14H18N2O. The molecule has 0 saturated carbocycles. The largest absolute Gasteiger partial charge is 0.295 e. The predicted molar refractivity (Wildman–Crippen MR) is 69.7 cm³/mol. The Balaban J connectivity index is 2.43. The van der Waals surface area contributed by atoms with Crippen molar-refractivity contribution in [2.45, 2.75) is 27.2 Å². The van der Waals surface area contributed by atoms with Gasteiger partial charge in [0.25, 0.3) is 5.56 Å². The Morgan fingerprint density at radius 1 is 1.29 bits per heavy atom. The van der Waals surface area contributed by atoms with Gasteiger partial charge in [0, 0.05) is 11.8 Å². The van der Waals surface area contributed by atoms with Crippen molar-refractivity contribution in [3.05, 3.63) is 51.9 Å². The zero-order valence-electron chi connectivity index (χ0n) is 10.5. The van der Waals surface area contributed by atoms with Gasteiger partial charge in [-0.3, -0.25) is 9.89 Å². The van der Waals surface area contributed by atoms with E-state index in [2.05, 4.69) is 18.9 Å². The lowest BCUT2D eigenvalue weighted by molar-refractivity contribution is 0.627. The van der Waals surface area contributed by atoms with Crippen molar-refractivity contribution >= 4 is 0 Å². The fraction of sp³-hybridized carbons (Fsp3) is 0.357. The van der Waals surface area contributed by atoms with E-state index >= 15 is 0 Å². The number of para-hydroxylation sites is 1. The highest BCUT2D eigenvalue weighted by Gasteiger charge is 2.07. The molecule has 0 atom stereocenters. The SMILES string of the molecule is Cc1ccccc1-n1[nH]c(CC(C)C)cc1=O. The van der Waals surface area contributed by atoms with Gasteiger partial charge in [-0.25, -0.2) is 4.68 Å². The van der Waals surface area contributed by atoms with Gasteiger partial charge in [-0.2, -0.15) is 0 Å². The van der Waals surface area contributed by atoms with Crippen LogP contribution in [0.1, 0.15) is 25.1 Å². The number of benzene rings is 1. The zero-order chi connectivity index (χ0) is 12.4. The second kappa shape index (κ2) is 4.62. The molecule has 0 unspecified atom stereocenters. The number of hydrogen-bond donors (Lipinski definition) is 1. The molecule has 1 aromatic carbocycles. The highest BCUT2D eigenvalue weighted by atomic mass is 16.1. The Hall–Kier alpha value is -1.77. The Bertz CT molecular complexity index is 564. The monoisotopic (exact) mass is 230 g/mol. The van der Waals surface area contributed by atoms with E-state index in [0.717, 1.165) is 23.4 Å². The Morgan fingerprint density at radius 2 is 2.00 bits per heavy atom. The van der Waals surface area contributed by atoms with E-state index in [1.165, 1.54) is 0 Å². The van der Waals surface area contributed by atoms with Crippen LogP contribution >= 0.6 is 0 Å². The summed E-state index contributed by atoms with van der Waals surface area (Å²) >= 11 is 0. The molecule has 3 heteroatoms. The molecule has 0 aliphatic carbocycles. The summed E-state index contributed by atoms with van der Waals surface area (Å²) in [6.07, 6.45) is 0.897. The molecule has 0 bridgehead atoms. The Labute approximate surface area is 101 Å². The van der Waals surface area contributed by atoms with Crippen LogP contribution < -0.4 is 5.56 Å². The van der Waals surface area contributed by atoms with E-state index in [0.29, 0.717) is 5.92 Å². The first-order chi connectivity index (χ1) is 8.08. The van der Waals surface area contributed by atoms with Gasteiger partial charge in [0.2, 0.25) is 0 Å². The van der Waals surface area contributed by atoms with Crippen molar-refractivity contribution in [2.75, 3.05) is 0 Å². The summed E-state index contributed by atoms with van der Waals surface area (Å²) < 4.78 is 1.62. The number of rotatable bonds is 3. The van der Waals surface area contributed by atoms with Crippen molar-refractivity contribution in [1.82, 2.24) is 9.78 Å². The minimum absolute atomic E-state index is 0.00921. The van der Waals surface area contributed by atoms with Crippen molar-refractivity contribution < 1.29 is 0 Å². The van der Waals surface area contributed by atoms with Gasteiger partial charge in [-0.1, -0.05) is 32.0 Å². The van der Waals surface area contributed by atoms with Crippen LogP contribution in [0.2, 0.25) is 0 Å². The van der Waals surface area contributed by atoms with Gasteiger partial charge in [0.1, 0.15) is 0 Å². The van der Waals surface area contributed by atoms with Crippen LogP contribution in [-0.4, -0.2) is 9.78 Å². The summed E-state index contributed by atoms with van der Waals surface area (Å²) in [4.78, 5) is 11.9. The molecule has 0 spiro atoms. The molecule has 0 aliphatic rings. The summed E-state index contributed by atoms with van der Waals surface area (Å²) in [6, 6.07) is 9.56. The number of aromatic amines is 1. The van der Waals surface area contributed by atoms with E-state index < -0.39 is 0 Å². The highest BCUT2D eigenvalue weighted by molar-refractivity contribution is 5.39. The fourth-order valence-corrected chi connectivity index (χ4v) is 1.98. The Kier molecular flexibility index (Phi) is 3.18. The zero-order valence-corrected chi connectivity index (χ0v) is 10.5. The third kappa shape index (κ3) is 2.49. The van der Waals surface area contributed by atoms with Gasteiger partial charge in [-0.15, -0.1) is 0 Å². The molecule has 0 radical (unpaired) electrons. The number of H-pyrrole nitrogens is 1. The normalized spacial score (nSPS) is 11.1. The van der Waals surface area contributed by atoms with Crippen LogP contribution in [0.3, 0.4) is 0 Å². The van der Waals surface area contributed by atoms with E-state index in [1.54, 1.807) is 10.7 Å². The predicted octanol–water partition coefficient (Wildman–Crippen LogP) is 2.67. The molecule has 0 saturated heterocycles. The molecule has 90 valence electrons. The Morgan fingerprint density at radius 3 is 2.65 bits per heavy atom. The van der Waals surface area contributed by atoms with Crippen LogP contribution in [0.25, 0.3) is 5.69 Å². The van der Waals surface area contributed by atoms with E-state index in [9.17, 15) is 4.79 Å². The van der Waals surface area contributed by atoms with E-state index in [1.807, 2.05) is 31.2 Å². The first-order valence-corrected chi connectivity index (χ1v) is 5.95. The summed E-state index contributed by atoms with van der Waals surface area (Å²) in [5.74, 6) is 0.540. The van der Waals surface area contributed by atoms with E-state index in [-0.39, 0.29) is 5.56 Å². The molecule has 1 aromatic heterocycles. The lowest BCUT2D eigenvalue weighted by Crippen LogP contribution is -2.14. The van der Waals surface area contributed by atoms with Crippen molar-refractivity contribution in [2.24, 2.45) is 5.92 Å². The van der Waals surface area contributed by atoms with Gasteiger partial charge >= 0.3 is 0 Å². The van der Waals surface area contributed by atoms with Crippen LogP contribution in [0, 0.1) is 12.8 Å². The lowest BCUT2D eigenvalue weighted by Gasteiger charge is -2.06. The second-order valence-corrected chi connectivity index (χ2v) is 4.84. The molecule has 0 aliphatic heterocycles. The maximum atomic E-state index is 11.9. The number of hydrogen-bond acceptors (Lipinski definition) is 1. The van der Waals surface area contributed by atoms with Crippen molar-refractivity contribution in [3.8, 4) is 5.69 Å². The quantitative estimate of drug-likeness (QED) is 0.865. The van der Waals surface area contributed by atoms with Gasteiger partial charge < -0.3 is 0 Å². The molecule has 1 N–H and O–H groups in total. The molecule has 17 heavy (non-hydrogen) atoms. The number of aromatic nitrogens is 2. The van der Waals surface area contributed by atoms with E-state index in [4.69, 9.17) is 0 Å². The fourth-order valence-electron chi connectivity index (χ4n) is 1.98. The highest BCUT2D eigenvalue weighted by Crippen LogP contribution is 2.11. The molecular weight excluding hydrogens is 212 g/mol. The average Bonchev–Trinajstić information content (AvgIpc) is 2.59. The number of aryl methyl sites for hydroxylation is 1. The number of nitrogens with zero attached hydrogens (tertiary/aromatic N) is 1. The van der Waals surface area contributed by atoms with Crippen molar-refractivity contribution in [1.29, 1.82) is 0 Å². The van der Waals surface area contributed by atoms with Crippen LogP contribution in [-0.2, 0) is 6.42 Å². The van der Waals surface area contributed by atoms with Crippen LogP contribution in [0.5, 0.6) is 0 Å². The average molecular weight is 230 g/mol. The third-order valence-electron chi connectivity index (χ3n) is 2.76. The van der Waals surface area contributed by atoms with Gasteiger partial charge in [-0.05, 0) is 30.9 Å². The maximum Gasteiger partial charge on any atom is 0.271 e. The second-order valence-electron chi connectivity index (χ2n) is 4.84. The minimum atomic E-state index is 0.00921. The summed E-state index contributed by atoms with van der Waals surface area (Å²) in [6.45, 7) is 6.29. The van der Waals surface area contributed by atoms with Crippen LogP contribution in [0.15, 0.2) is 35.1 Å². The summed E-state index contributed by atoms with van der Waals surface area (Å²) in [5.41, 5.74) is 3.02. The lowest BCUT2D eigenvalue weighted by atomic mass is 10.1. The smallest absolute Gasteiger partial charge is 0.271 e. The first-order valence-electron chi connectivity index (χ1n) is 5.95. The molecule has 0 amide bonds. The van der Waals surface area contributed by atoms with Gasteiger partial charge in [0.05, 0.1) is 5.69 Å². The van der Waals surface area contributed by atoms with Crippen molar-refractivity contribution in [3.63, 3.8) is 0 Å². The minimum Gasteiger partial charge on any atom is -0.295 e. The molecule has 0 fully saturated rings.